The summed E-state index contributed by atoms with van der Waals surface area (Å²) in [5, 5.41) is 0. The van der Waals surface area contributed by atoms with Crippen LogP contribution in [0.4, 0.5) is 0 Å². The van der Waals surface area contributed by atoms with Crippen LogP contribution in [0.5, 0.6) is 17.2 Å². The maximum Gasteiger partial charge on any atom is 0.164 e. The van der Waals surface area contributed by atoms with Gasteiger partial charge in [0.1, 0.15) is 5.75 Å². The number of rotatable bonds is 6. The van der Waals surface area contributed by atoms with Crippen LogP contribution in [0.1, 0.15) is 12.0 Å². The van der Waals surface area contributed by atoms with Crippen LogP contribution >= 0.6 is 0 Å². The third kappa shape index (κ3) is 2.92. The Morgan fingerprint density at radius 3 is 2.38 bits per heavy atom. The summed E-state index contributed by atoms with van der Waals surface area (Å²) in [4.78, 5) is 0. The Balaban J connectivity index is 2.90. The normalized spacial score (nSPS) is 9.69. The second-order valence-electron chi connectivity index (χ2n) is 3.40. The first kappa shape index (κ1) is 12.4. The molecule has 0 aliphatic rings. The first-order valence-electron chi connectivity index (χ1n) is 5.19. The Kier molecular flexibility index (Phi) is 4.70. The second-order valence-corrected chi connectivity index (χ2v) is 3.40. The minimum atomic E-state index is 0.589. The SMILES string of the molecule is C=CCCOc1cc(OC)c(C)cc1OC. The molecule has 0 aliphatic heterocycles. The fourth-order valence-electron chi connectivity index (χ4n) is 1.39. The van der Waals surface area contributed by atoms with E-state index in [1.807, 2.05) is 25.1 Å². The smallest absolute Gasteiger partial charge is 0.164 e. The van der Waals surface area contributed by atoms with Gasteiger partial charge in [0.25, 0.3) is 0 Å². The topological polar surface area (TPSA) is 27.7 Å². The summed E-state index contributed by atoms with van der Waals surface area (Å²) in [6, 6.07) is 3.75. The Labute approximate surface area is 96.6 Å². The lowest BCUT2D eigenvalue weighted by atomic mass is 10.2. The molecule has 0 atom stereocenters. The zero-order valence-corrected chi connectivity index (χ0v) is 10.1. The van der Waals surface area contributed by atoms with E-state index in [0.29, 0.717) is 12.4 Å². The van der Waals surface area contributed by atoms with Crippen molar-refractivity contribution in [1.29, 1.82) is 0 Å². The van der Waals surface area contributed by atoms with Crippen molar-refractivity contribution >= 4 is 0 Å². The highest BCUT2D eigenvalue weighted by molar-refractivity contribution is 5.50. The molecule has 0 unspecified atom stereocenters. The maximum atomic E-state index is 5.59. The molecule has 3 nitrogen and oxygen atoms in total. The van der Waals surface area contributed by atoms with Gasteiger partial charge in [0.05, 0.1) is 20.8 Å². The van der Waals surface area contributed by atoms with Gasteiger partial charge in [-0.2, -0.15) is 0 Å². The van der Waals surface area contributed by atoms with Crippen LogP contribution in [-0.4, -0.2) is 20.8 Å². The summed E-state index contributed by atoms with van der Waals surface area (Å²) >= 11 is 0. The van der Waals surface area contributed by atoms with E-state index in [1.54, 1.807) is 14.2 Å². The second kappa shape index (κ2) is 6.05. The van der Waals surface area contributed by atoms with Crippen molar-refractivity contribution in [2.75, 3.05) is 20.8 Å². The highest BCUT2D eigenvalue weighted by Crippen LogP contribution is 2.34. The minimum absolute atomic E-state index is 0.589. The zero-order chi connectivity index (χ0) is 12.0. The Bertz CT molecular complexity index is 358. The maximum absolute atomic E-state index is 5.59. The Morgan fingerprint density at radius 2 is 1.81 bits per heavy atom. The molecule has 0 aliphatic carbocycles. The van der Waals surface area contributed by atoms with E-state index in [1.165, 1.54) is 0 Å². The molecule has 0 saturated heterocycles. The molecule has 0 saturated carbocycles. The molecular weight excluding hydrogens is 204 g/mol. The lowest BCUT2D eigenvalue weighted by Gasteiger charge is -2.13. The van der Waals surface area contributed by atoms with Crippen molar-refractivity contribution in [3.05, 3.63) is 30.4 Å². The van der Waals surface area contributed by atoms with E-state index in [0.717, 1.165) is 23.5 Å². The Morgan fingerprint density at radius 1 is 1.12 bits per heavy atom. The molecule has 0 radical (unpaired) electrons. The molecule has 0 aromatic heterocycles. The molecule has 1 aromatic carbocycles. The largest absolute Gasteiger partial charge is 0.496 e. The fourth-order valence-corrected chi connectivity index (χ4v) is 1.39. The number of methoxy groups -OCH3 is 2. The van der Waals surface area contributed by atoms with Crippen molar-refractivity contribution in [1.82, 2.24) is 0 Å². The average molecular weight is 222 g/mol. The lowest BCUT2D eigenvalue weighted by Crippen LogP contribution is -1.99. The van der Waals surface area contributed by atoms with Gasteiger partial charge in [-0.05, 0) is 25.0 Å². The third-order valence-corrected chi connectivity index (χ3v) is 2.26. The first-order chi connectivity index (χ1) is 7.72. The van der Waals surface area contributed by atoms with Crippen LogP contribution < -0.4 is 14.2 Å². The van der Waals surface area contributed by atoms with Crippen molar-refractivity contribution in [3.8, 4) is 17.2 Å². The van der Waals surface area contributed by atoms with Gasteiger partial charge >= 0.3 is 0 Å². The third-order valence-electron chi connectivity index (χ3n) is 2.26. The van der Waals surface area contributed by atoms with E-state index >= 15 is 0 Å². The van der Waals surface area contributed by atoms with E-state index in [-0.39, 0.29) is 0 Å². The van der Waals surface area contributed by atoms with Crippen LogP contribution in [0.2, 0.25) is 0 Å². The number of benzene rings is 1. The predicted octanol–water partition coefficient (Wildman–Crippen LogP) is 2.97. The quantitative estimate of drug-likeness (QED) is 0.547. The van der Waals surface area contributed by atoms with Crippen LogP contribution in [0, 0.1) is 6.92 Å². The first-order valence-corrected chi connectivity index (χ1v) is 5.19. The van der Waals surface area contributed by atoms with Gasteiger partial charge in [0.15, 0.2) is 11.5 Å². The van der Waals surface area contributed by atoms with E-state index in [9.17, 15) is 0 Å². The van der Waals surface area contributed by atoms with E-state index < -0.39 is 0 Å². The summed E-state index contributed by atoms with van der Waals surface area (Å²) in [6.07, 6.45) is 2.62. The summed E-state index contributed by atoms with van der Waals surface area (Å²) in [5.74, 6) is 2.23. The van der Waals surface area contributed by atoms with Crippen molar-refractivity contribution < 1.29 is 14.2 Å². The fraction of sp³-hybridized carbons (Fsp3) is 0.385. The van der Waals surface area contributed by atoms with Gasteiger partial charge in [-0.15, -0.1) is 6.58 Å². The predicted molar refractivity (Wildman–Crippen MR) is 64.6 cm³/mol. The number of ether oxygens (including phenoxy) is 3. The molecule has 0 bridgehead atoms. The van der Waals surface area contributed by atoms with Crippen LogP contribution in [0.15, 0.2) is 24.8 Å². The summed E-state index contributed by atoms with van der Waals surface area (Å²) in [7, 11) is 3.27. The van der Waals surface area contributed by atoms with Crippen molar-refractivity contribution in [2.45, 2.75) is 13.3 Å². The molecule has 1 rings (SSSR count). The molecule has 0 fully saturated rings. The molecule has 0 N–H and O–H groups in total. The lowest BCUT2D eigenvalue weighted by molar-refractivity contribution is 0.297. The van der Waals surface area contributed by atoms with Crippen molar-refractivity contribution in [2.24, 2.45) is 0 Å². The standard InChI is InChI=1S/C13H18O3/c1-5-6-7-16-13-9-11(14-3)10(2)8-12(13)15-4/h5,8-9H,1,6-7H2,2-4H3. The van der Waals surface area contributed by atoms with Gasteiger partial charge in [-0.25, -0.2) is 0 Å². The average Bonchev–Trinajstić information content (AvgIpc) is 2.30. The zero-order valence-electron chi connectivity index (χ0n) is 10.1. The highest BCUT2D eigenvalue weighted by atomic mass is 16.5. The van der Waals surface area contributed by atoms with Crippen LogP contribution in [0.3, 0.4) is 0 Å². The molecule has 1 aromatic rings. The summed E-state index contributed by atoms with van der Waals surface area (Å²) in [5.41, 5.74) is 1.02. The van der Waals surface area contributed by atoms with Crippen molar-refractivity contribution in [3.63, 3.8) is 0 Å². The van der Waals surface area contributed by atoms with Gasteiger partial charge in [-0.1, -0.05) is 6.08 Å². The van der Waals surface area contributed by atoms with E-state index in [4.69, 9.17) is 14.2 Å². The number of aryl methyl sites for hydroxylation is 1. The monoisotopic (exact) mass is 222 g/mol. The van der Waals surface area contributed by atoms with E-state index in [2.05, 4.69) is 6.58 Å². The van der Waals surface area contributed by atoms with Crippen LogP contribution in [0.25, 0.3) is 0 Å². The van der Waals surface area contributed by atoms with Gasteiger partial charge in [-0.3, -0.25) is 0 Å². The van der Waals surface area contributed by atoms with Gasteiger partial charge < -0.3 is 14.2 Å². The number of hydrogen-bond donors (Lipinski definition) is 0. The highest BCUT2D eigenvalue weighted by Gasteiger charge is 2.09. The molecule has 3 heteroatoms. The molecule has 0 spiro atoms. The van der Waals surface area contributed by atoms with Gasteiger partial charge in [0.2, 0.25) is 0 Å². The van der Waals surface area contributed by atoms with Gasteiger partial charge in [0, 0.05) is 6.07 Å². The number of hydrogen-bond acceptors (Lipinski definition) is 3. The Hall–Kier alpha value is -1.64. The molecule has 16 heavy (non-hydrogen) atoms. The molecule has 0 heterocycles. The summed E-state index contributed by atoms with van der Waals surface area (Å²) in [6.45, 7) is 6.20. The minimum Gasteiger partial charge on any atom is -0.496 e. The molecular formula is C13H18O3. The van der Waals surface area contributed by atoms with Crippen LogP contribution in [-0.2, 0) is 0 Å². The molecule has 88 valence electrons. The molecule has 0 amide bonds. The summed E-state index contributed by atoms with van der Waals surface area (Å²) < 4.78 is 16.1.